The Balaban J connectivity index is 2.08. The van der Waals surface area contributed by atoms with Crippen molar-refractivity contribution in [2.45, 2.75) is 58.4 Å². The van der Waals surface area contributed by atoms with E-state index in [-0.39, 0.29) is 29.4 Å². The number of carbonyl (C=O) groups excluding carboxylic acids is 1. The molecule has 0 bridgehead atoms. The van der Waals surface area contributed by atoms with E-state index in [1.165, 1.54) is 6.42 Å². The lowest BCUT2D eigenvalue weighted by atomic mass is 9.64. The van der Waals surface area contributed by atoms with Crippen LogP contribution in [0.3, 0.4) is 0 Å². The topological polar surface area (TPSA) is 49.3 Å². The fourth-order valence-electron chi connectivity index (χ4n) is 3.71. The highest BCUT2D eigenvalue weighted by molar-refractivity contribution is 5.81. The largest absolute Gasteiger partial charge is 0.394 e. The van der Waals surface area contributed by atoms with Gasteiger partial charge in [0.25, 0.3) is 0 Å². The van der Waals surface area contributed by atoms with Gasteiger partial charge in [-0.1, -0.05) is 20.8 Å². The molecule has 0 saturated heterocycles. The molecule has 0 aromatic heterocycles. The van der Waals surface area contributed by atoms with Crippen molar-refractivity contribution >= 4 is 5.91 Å². The smallest absolute Gasteiger partial charge is 0.223 e. The second kappa shape index (κ2) is 4.27. The molecule has 0 aromatic carbocycles. The minimum absolute atomic E-state index is 0.0687. The van der Waals surface area contributed by atoms with Crippen LogP contribution >= 0.6 is 0 Å². The quantitative estimate of drug-likeness (QED) is 0.792. The van der Waals surface area contributed by atoms with Crippen LogP contribution in [-0.2, 0) is 4.79 Å². The molecule has 0 spiro atoms. The predicted molar refractivity (Wildman–Crippen MR) is 67.5 cm³/mol. The van der Waals surface area contributed by atoms with E-state index in [0.29, 0.717) is 5.92 Å². The lowest BCUT2D eigenvalue weighted by molar-refractivity contribution is -0.126. The van der Waals surface area contributed by atoms with Gasteiger partial charge in [-0.05, 0) is 43.4 Å². The summed E-state index contributed by atoms with van der Waals surface area (Å²) in [6.45, 7) is 6.75. The predicted octanol–water partition coefficient (Wildman–Crippen LogP) is 2.09. The molecule has 2 rings (SSSR count). The first kappa shape index (κ1) is 12.9. The van der Waals surface area contributed by atoms with Crippen LogP contribution in [-0.4, -0.2) is 23.2 Å². The number of rotatable bonds is 3. The summed E-state index contributed by atoms with van der Waals surface area (Å²) >= 11 is 0. The molecule has 17 heavy (non-hydrogen) atoms. The van der Waals surface area contributed by atoms with Gasteiger partial charge in [0.2, 0.25) is 5.91 Å². The molecule has 2 atom stereocenters. The van der Waals surface area contributed by atoms with Crippen molar-refractivity contribution in [3.8, 4) is 0 Å². The molecule has 1 amide bonds. The first-order valence-electron chi connectivity index (χ1n) is 6.79. The van der Waals surface area contributed by atoms with E-state index < -0.39 is 0 Å². The van der Waals surface area contributed by atoms with Gasteiger partial charge in [0.1, 0.15) is 0 Å². The van der Waals surface area contributed by atoms with Gasteiger partial charge in [0.15, 0.2) is 0 Å². The van der Waals surface area contributed by atoms with E-state index in [0.717, 1.165) is 25.7 Å². The zero-order valence-electron chi connectivity index (χ0n) is 11.3. The Morgan fingerprint density at radius 3 is 2.47 bits per heavy atom. The van der Waals surface area contributed by atoms with E-state index in [1.807, 2.05) is 0 Å². The normalized spacial score (nSPS) is 36.6. The van der Waals surface area contributed by atoms with Gasteiger partial charge in [0.05, 0.1) is 12.1 Å². The number of aliphatic hydroxyl groups excluding tert-OH is 1. The molecular weight excluding hydrogens is 214 g/mol. The molecule has 2 aliphatic rings. The molecule has 2 unspecified atom stereocenters. The summed E-state index contributed by atoms with van der Waals surface area (Å²) in [5.41, 5.74) is -0.169. The maximum Gasteiger partial charge on any atom is 0.223 e. The monoisotopic (exact) mass is 239 g/mol. The van der Waals surface area contributed by atoms with Gasteiger partial charge in [0, 0.05) is 5.92 Å². The zero-order chi connectivity index (χ0) is 12.7. The third kappa shape index (κ3) is 3.01. The van der Waals surface area contributed by atoms with E-state index in [2.05, 4.69) is 26.1 Å². The molecule has 2 fully saturated rings. The number of nitrogens with one attached hydrogen (secondary N) is 1. The fourth-order valence-corrected chi connectivity index (χ4v) is 3.71. The van der Waals surface area contributed by atoms with Crippen molar-refractivity contribution in [3.05, 3.63) is 0 Å². The maximum atomic E-state index is 11.9. The highest BCUT2D eigenvalue weighted by Gasteiger charge is 2.45. The third-order valence-corrected chi connectivity index (χ3v) is 4.10. The molecule has 2 saturated carbocycles. The van der Waals surface area contributed by atoms with Crippen LogP contribution in [0.2, 0.25) is 0 Å². The van der Waals surface area contributed by atoms with Crippen LogP contribution in [0.1, 0.15) is 52.9 Å². The van der Waals surface area contributed by atoms with Crippen LogP contribution in [0.25, 0.3) is 0 Å². The SMILES string of the molecule is CC1CC(C)(C)CC(CO)(NC(=O)C2CC2)C1. The van der Waals surface area contributed by atoms with Crippen LogP contribution in [0.5, 0.6) is 0 Å². The molecule has 98 valence electrons. The Morgan fingerprint density at radius 1 is 1.35 bits per heavy atom. The van der Waals surface area contributed by atoms with Gasteiger partial charge in [-0.25, -0.2) is 0 Å². The van der Waals surface area contributed by atoms with Gasteiger partial charge in [-0.15, -0.1) is 0 Å². The number of carbonyl (C=O) groups is 1. The number of hydrogen-bond donors (Lipinski definition) is 2. The highest BCUT2D eigenvalue weighted by atomic mass is 16.3. The van der Waals surface area contributed by atoms with E-state index in [1.54, 1.807) is 0 Å². The minimum atomic E-state index is -0.374. The highest BCUT2D eigenvalue weighted by Crippen LogP contribution is 2.44. The fraction of sp³-hybridized carbons (Fsp3) is 0.929. The Morgan fingerprint density at radius 2 is 2.00 bits per heavy atom. The molecule has 3 nitrogen and oxygen atoms in total. The maximum absolute atomic E-state index is 11.9. The first-order valence-corrected chi connectivity index (χ1v) is 6.79. The van der Waals surface area contributed by atoms with E-state index in [9.17, 15) is 9.90 Å². The van der Waals surface area contributed by atoms with Crippen molar-refractivity contribution in [2.24, 2.45) is 17.3 Å². The van der Waals surface area contributed by atoms with Crippen molar-refractivity contribution in [3.63, 3.8) is 0 Å². The van der Waals surface area contributed by atoms with Crippen LogP contribution in [0.15, 0.2) is 0 Å². The summed E-state index contributed by atoms with van der Waals surface area (Å²) in [5, 5.41) is 12.9. The average Bonchev–Trinajstić information content (AvgIpc) is 2.96. The summed E-state index contributed by atoms with van der Waals surface area (Å²) < 4.78 is 0. The standard InChI is InChI=1S/C14H25NO2/c1-10-6-13(2,3)8-14(7-10,9-16)15-12(17)11-4-5-11/h10-11,16H,4-9H2,1-3H3,(H,15,17). The van der Waals surface area contributed by atoms with Gasteiger partial charge in [-0.2, -0.15) is 0 Å². The van der Waals surface area contributed by atoms with Crippen molar-refractivity contribution in [2.75, 3.05) is 6.61 Å². The average molecular weight is 239 g/mol. The second-order valence-corrected chi connectivity index (χ2v) is 7.06. The van der Waals surface area contributed by atoms with E-state index >= 15 is 0 Å². The van der Waals surface area contributed by atoms with Crippen LogP contribution in [0, 0.1) is 17.3 Å². The third-order valence-electron chi connectivity index (χ3n) is 4.10. The molecular formula is C14H25NO2. The Bertz CT molecular complexity index is 309. The number of amides is 1. The number of hydrogen-bond acceptors (Lipinski definition) is 2. The van der Waals surface area contributed by atoms with Crippen LogP contribution < -0.4 is 5.32 Å². The molecule has 2 aliphatic carbocycles. The van der Waals surface area contributed by atoms with Crippen molar-refractivity contribution in [1.29, 1.82) is 0 Å². The Labute approximate surface area is 104 Å². The molecule has 3 heteroatoms. The second-order valence-electron chi connectivity index (χ2n) is 7.06. The molecule has 0 heterocycles. The lowest BCUT2D eigenvalue weighted by Crippen LogP contribution is -2.57. The molecule has 0 aromatic rings. The van der Waals surface area contributed by atoms with Gasteiger partial charge < -0.3 is 10.4 Å². The minimum Gasteiger partial charge on any atom is -0.394 e. The summed E-state index contributed by atoms with van der Waals surface area (Å²) in [6.07, 6.45) is 5.01. The van der Waals surface area contributed by atoms with Gasteiger partial charge in [-0.3, -0.25) is 4.79 Å². The van der Waals surface area contributed by atoms with Gasteiger partial charge >= 0.3 is 0 Å². The molecule has 0 aliphatic heterocycles. The number of aliphatic hydroxyl groups is 1. The van der Waals surface area contributed by atoms with Crippen molar-refractivity contribution < 1.29 is 9.90 Å². The summed E-state index contributed by atoms with van der Waals surface area (Å²) in [5.74, 6) is 0.938. The van der Waals surface area contributed by atoms with Crippen molar-refractivity contribution in [1.82, 2.24) is 5.32 Å². The van der Waals surface area contributed by atoms with Crippen LogP contribution in [0.4, 0.5) is 0 Å². The molecule has 0 radical (unpaired) electrons. The first-order chi connectivity index (χ1) is 7.86. The lowest BCUT2D eigenvalue weighted by Gasteiger charge is -2.47. The Hall–Kier alpha value is -0.570. The van der Waals surface area contributed by atoms with E-state index in [4.69, 9.17) is 0 Å². The summed E-state index contributed by atoms with van der Waals surface area (Å²) in [7, 11) is 0. The molecule has 2 N–H and O–H groups in total. The summed E-state index contributed by atoms with van der Waals surface area (Å²) in [6, 6.07) is 0. The Kier molecular flexibility index (Phi) is 3.23. The summed E-state index contributed by atoms with van der Waals surface area (Å²) in [4.78, 5) is 11.9. The zero-order valence-corrected chi connectivity index (χ0v) is 11.3.